The summed E-state index contributed by atoms with van der Waals surface area (Å²) < 4.78 is 26.7. The number of fused-ring (bicyclic) bond motifs is 1. The predicted molar refractivity (Wildman–Crippen MR) is 101 cm³/mol. The first-order chi connectivity index (χ1) is 13.4. The highest BCUT2D eigenvalue weighted by atomic mass is 19.2. The Morgan fingerprint density at radius 2 is 2.14 bits per heavy atom. The van der Waals surface area contributed by atoms with Gasteiger partial charge in [0, 0.05) is 19.9 Å². The molecule has 1 aromatic heterocycles. The summed E-state index contributed by atoms with van der Waals surface area (Å²) in [5.41, 5.74) is 1.51. The maximum atomic E-state index is 13.4. The van der Waals surface area contributed by atoms with E-state index in [1.54, 1.807) is 0 Å². The molecular formula is C19H18F2N5O2. The quantitative estimate of drug-likeness (QED) is 0.750. The Morgan fingerprint density at radius 1 is 1.36 bits per heavy atom. The van der Waals surface area contributed by atoms with Gasteiger partial charge in [-0.05, 0) is 25.0 Å². The van der Waals surface area contributed by atoms with Crippen LogP contribution in [0.1, 0.15) is 21.3 Å². The van der Waals surface area contributed by atoms with E-state index in [0.29, 0.717) is 18.2 Å². The van der Waals surface area contributed by atoms with Gasteiger partial charge in [0.2, 0.25) is 5.91 Å². The smallest absolute Gasteiger partial charge is 0.252 e. The largest absolute Gasteiger partial charge is 0.374 e. The molecule has 4 rings (SSSR count). The van der Waals surface area contributed by atoms with E-state index in [1.807, 2.05) is 6.07 Å². The van der Waals surface area contributed by atoms with Crippen molar-refractivity contribution in [2.45, 2.75) is 25.3 Å². The molecule has 0 unspecified atom stereocenters. The molecule has 2 aliphatic rings. The van der Waals surface area contributed by atoms with Crippen molar-refractivity contribution in [2.24, 2.45) is 4.99 Å². The summed E-state index contributed by atoms with van der Waals surface area (Å²) in [5.74, 6) is -2.47. The third kappa shape index (κ3) is 3.24. The number of aromatic amines is 1. The first kappa shape index (κ1) is 17.9. The minimum atomic E-state index is -1.06. The van der Waals surface area contributed by atoms with Crippen LogP contribution in [0.5, 0.6) is 0 Å². The van der Waals surface area contributed by atoms with Gasteiger partial charge in [0.25, 0.3) is 5.56 Å². The number of aromatic nitrogens is 1. The minimum Gasteiger partial charge on any atom is -0.374 e. The molecule has 9 heteroatoms. The second kappa shape index (κ2) is 6.88. The van der Waals surface area contributed by atoms with Crippen LogP contribution in [0.3, 0.4) is 0 Å². The van der Waals surface area contributed by atoms with E-state index in [4.69, 9.17) is 5.26 Å². The zero-order chi connectivity index (χ0) is 19.8. The van der Waals surface area contributed by atoms with E-state index >= 15 is 0 Å². The Morgan fingerprint density at radius 3 is 2.93 bits per heavy atom. The minimum absolute atomic E-state index is 0. The fraction of sp³-hybridized carbons (Fsp3) is 0.211. The van der Waals surface area contributed by atoms with Crippen molar-refractivity contribution in [2.75, 3.05) is 0 Å². The zero-order valence-corrected chi connectivity index (χ0v) is 14.5. The van der Waals surface area contributed by atoms with Gasteiger partial charge in [0.05, 0.1) is 29.4 Å². The number of carbonyl (C=O) groups is 1. The molecule has 0 saturated carbocycles. The van der Waals surface area contributed by atoms with E-state index in [1.165, 1.54) is 12.6 Å². The zero-order valence-electron chi connectivity index (χ0n) is 14.5. The van der Waals surface area contributed by atoms with Crippen LogP contribution in [-0.4, -0.2) is 22.6 Å². The highest BCUT2D eigenvalue weighted by Crippen LogP contribution is 2.28. The molecule has 7 nitrogen and oxygen atoms in total. The average molecular weight is 386 g/mol. The Bertz CT molecular complexity index is 1170. The van der Waals surface area contributed by atoms with E-state index < -0.39 is 17.2 Å². The number of nitrogens with zero attached hydrogens (tertiary/aromatic N) is 2. The van der Waals surface area contributed by atoms with Crippen LogP contribution in [0.4, 0.5) is 8.78 Å². The molecule has 0 fully saturated rings. The standard InChI is InChI=1S/C19H14F2N5O2.2H2/c20-12-4-9-3-10(19(28)26-16(9)6-13(12)21)5-17(27)25-15-2-1-14-18(15)23-8-11(7-22)24-14;;/h3-4,6,8,15,23H,1-2,5H2,(H,25,27)(H,26,28);2*1H/t15-;;/m0../s1. The number of halogens is 2. The van der Waals surface area contributed by atoms with Gasteiger partial charge in [-0.1, -0.05) is 0 Å². The second-order valence-corrected chi connectivity index (χ2v) is 6.57. The third-order valence-corrected chi connectivity index (χ3v) is 4.71. The predicted octanol–water partition coefficient (Wildman–Crippen LogP) is 2.06. The number of nitriles is 1. The van der Waals surface area contributed by atoms with Gasteiger partial charge in [-0.15, -0.1) is 0 Å². The summed E-state index contributed by atoms with van der Waals surface area (Å²) >= 11 is 0. The van der Waals surface area contributed by atoms with Crippen LogP contribution in [0.15, 0.2) is 39.4 Å². The molecule has 3 N–H and O–H groups in total. The van der Waals surface area contributed by atoms with Crippen LogP contribution in [0.25, 0.3) is 10.9 Å². The molecular weight excluding hydrogens is 368 g/mol. The fourth-order valence-electron chi connectivity index (χ4n) is 3.38. The van der Waals surface area contributed by atoms with Crippen molar-refractivity contribution < 1.29 is 16.4 Å². The van der Waals surface area contributed by atoms with Crippen LogP contribution in [0.2, 0.25) is 0 Å². The van der Waals surface area contributed by atoms with Crippen LogP contribution in [0, 0.1) is 29.5 Å². The van der Waals surface area contributed by atoms with Crippen molar-refractivity contribution in [3.8, 4) is 6.07 Å². The molecule has 2 heterocycles. The number of pyridine rings is 1. The number of aliphatic imine (C=N–C) groups is 1. The molecule has 145 valence electrons. The molecule has 1 aromatic carbocycles. The highest BCUT2D eigenvalue weighted by molar-refractivity contribution is 6.06. The second-order valence-electron chi connectivity index (χ2n) is 6.57. The molecule has 1 amide bonds. The van der Waals surface area contributed by atoms with Crippen LogP contribution in [-0.2, 0) is 11.2 Å². The van der Waals surface area contributed by atoms with Crippen molar-refractivity contribution in [1.29, 1.82) is 5.26 Å². The average Bonchev–Trinajstić information content (AvgIpc) is 3.06. The van der Waals surface area contributed by atoms with Crippen molar-refractivity contribution >= 4 is 22.5 Å². The molecule has 1 radical (unpaired) electrons. The van der Waals surface area contributed by atoms with E-state index in [9.17, 15) is 18.4 Å². The Kier molecular flexibility index (Phi) is 4.39. The molecule has 0 saturated heterocycles. The highest BCUT2D eigenvalue weighted by Gasteiger charge is 2.30. The summed E-state index contributed by atoms with van der Waals surface area (Å²) in [6.45, 7) is 1.48. The van der Waals surface area contributed by atoms with Gasteiger partial charge >= 0.3 is 0 Å². The van der Waals surface area contributed by atoms with Crippen molar-refractivity contribution in [3.05, 3.63) is 63.7 Å². The number of rotatable bonds is 3. The molecule has 1 aliphatic carbocycles. The van der Waals surface area contributed by atoms with Gasteiger partial charge in [-0.3, -0.25) is 9.59 Å². The maximum Gasteiger partial charge on any atom is 0.252 e. The SMILES string of the molecule is N#CC1=NC2=C(N[CH]1)[C@@H](NC(=O)Cc1cc3cc(F)c(F)cc3[nH]c1=O)CC2.[HH].[HH]. The lowest BCUT2D eigenvalue weighted by Crippen LogP contribution is -2.40. The first-order valence-electron chi connectivity index (χ1n) is 8.56. The fourth-order valence-corrected chi connectivity index (χ4v) is 3.38. The third-order valence-electron chi connectivity index (χ3n) is 4.71. The molecule has 1 atom stereocenters. The molecule has 28 heavy (non-hydrogen) atoms. The number of benzene rings is 1. The summed E-state index contributed by atoms with van der Waals surface area (Å²) in [6.07, 6.45) is 1.03. The number of nitrogens with one attached hydrogen (secondary N) is 3. The Labute approximate surface area is 160 Å². The lowest BCUT2D eigenvalue weighted by molar-refractivity contribution is -0.120. The number of hydrogen-bond acceptors (Lipinski definition) is 5. The van der Waals surface area contributed by atoms with Gasteiger partial charge in [0.1, 0.15) is 18.3 Å². The Hall–Kier alpha value is -3.54. The van der Waals surface area contributed by atoms with Crippen molar-refractivity contribution in [1.82, 2.24) is 15.6 Å². The lowest BCUT2D eigenvalue weighted by Gasteiger charge is -2.20. The van der Waals surface area contributed by atoms with Gasteiger partial charge in [0.15, 0.2) is 11.6 Å². The summed E-state index contributed by atoms with van der Waals surface area (Å²) in [5, 5.41) is 15.0. The molecule has 1 aliphatic heterocycles. The summed E-state index contributed by atoms with van der Waals surface area (Å²) in [6, 6.07) is 4.92. The Balaban J connectivity index is 0.00000160. The van der Waals surface area contributed by atoms with Gasteiger partial charge in [-0.25, -0.2) is 13.8 Å². The number of allylic oxidation sites excluding steroid dienone is 1. The van der Waals surface area contributed by atoms with E-state index in [2.05, 4.69) is 20.6 Å². The van der Waals surface area contributed by atoms with E-state index in [0.717, 1.165) is 23.5 Å². The number of carbonyl (C=O) groups excluding carboxylic acids is 1. The van der Waals surface area contributed by atoms with Gasteiger partial charge in [-0.2, -0.15) is 5.26 Å². The number of amides is 1. The molecule has 0 spiro atoms. The van der Waals surface area contributed by atoms with Gasteiger partial charge < -0.3 is 15.6 Å². The molecule has 0 bridgehead atoms. The monoisotopic (exact) mass is 386 g/mol. The summed E-state index contributed by atoms with van der Waals surface area (Å²) in [7, 11) is 0. The summed E-state index contributed by atoms with van der Waals surface area (Å²) in [4.78, 5) is 31.3. The normalized spacial score (nSPS) is 18.3. The van der Waals surface area contributed by atoms with Crippen LogP contribution < -0.4 is 16.2 Å². The van der Waals surface area contributed by atoms with E-state index in [-0.39, 0.29) is 38.0 Å². The first-order valence-corrected chi connectivity index (χ1v) is 8.56. The van der Waals surface area contributed by atoms with Crippen molar-refractivity contribution in [3.63, 3.8) is 0 Å². The number of hydrogen-bond donors (Lipinski definition) is 3. The molecule has 2 aromatic rings. The lowest BCUT2D eigenvalue weighted by atomic mass is 10.1. The number of H-pyrrole nitrogens is 1. The van der Waals surface area contributed by atoms with Crippen LogP contribution >= 0.6 is 0 Å². The topological polar surface area (TPSA) is 110 Å². The maximum absolute atomic E-state index is 13.4.